The zero-order valence-corrected chi connectivity index (χ0v) is 13.7. The van der Waals surface area contributed by atoms with Gasteiger partial charge in [-0.25, -0.2) is 4.79 Å². The second-order valence-corrected chi connectivity index (χ2v) is 6.19. The molecule has 2 unspecified atom stereocenters. The Balaban J connectivity index is 1.76. The lowest BCUT2D eigenvalue weighted by atomic mass is 9.93. The molecule has 1 aliphatic rings. The van der Waals surface area contributed by atoms with Gasteiger partial charge in [0.05, 0.1) is 12.1 Å². The maximum Gasteiger partial charge on any atom is 0.326 e. The first kappa shape index (κ1) is 17.2. The highest BCUT2D eigenvalue weighted by Gasteiger charge is 2.31. The largest absolute Gasteiger partial charge is 0.480 e. The summed E-state index contributed by atoms with van der Waals surface area (Å²) < 4.78 is 6.97. The van der Waals surface area contributed by atoms with Crippen LogP contribution in [0.2, 0.25) is 0 Å². The number of para-hydroxylation sites is 1. The minimum Gasteiger partial charge on any atom is -0.480 e. The summed E-state index contributed by atoms with van der Waals surface area (Å²) in [4.78, 5) is 35.8. The maximum absolute atomic E-state index is 12.4. The van der Waals surface area contributed by atoms with Crippen molar-refractivity contribution in [2.24, 2.45) is 5.92 Å². The van der Waals surface area contributed by atoms with Gasteiger partial charge in [-0.05, 0) is 25.0 Å². The lowest BCUT2D eigenvalue weighted by Gasteiger charge is -2.28. The van der Waals surface area contributed by atoms with E-state index in [1.54, 1.807) is 35.0 Å². The smallest absolute Gasteiger partial charge is 0.326 e. The second-order valence-electron chi connectivity index (χ2n) is 6.19. The highest BCUT2D eigenvalue weighted by Crippen LogP contribution is 2.18. The molecule has 3 rings (SSSR count). The maximum atomic E-state index is 12.4. The summed E-state index contributed by atoms with van der Waals surface area (Å²) in [5.41, 5.74) is 0.521. The topological polar surface area (TPSA) is 97.6 Å². The van der Waals surface area contributed by atoms with E-state index in [4.69, 9.17) is 4.74 Å². The minimum atomic E-state index is -1.06. The Kier molecular flexibility index (Phi) is 5.14. The number of nitrogens with one attached hydrogen (secondary N) is 1. The number of ether oxygens (including phenoxy) is 1. The number of pyridine rings is 1. The van der Waals surface area contributed by atoms with Gasteiger partial charge in [-0.1, -0.05) is 12.1 Å². The number of aromatic nitrogens is 1. The zero-order valence-electron chi connectivity index (χ0n) is 13.7. The summed E-state index contributed by atoms with van der Waals surface area (Å²) in [6.45, 7) is 0.899. The molecule has 2 N–H and O–H groups in total. The fourth-order valence-corrected chi connectivity index (χ4v) is 3.18. The van der Waals surface area contributed by atoms with E-state index in [1.807, 2.05) is 0 Å². The van der Waals surface area contributed by atoms with Crippen LogP contribution in [-0.2, 0) is 20.9 Å². The van der Waals surface area contributed by atoms with Crippen molar-refractivity contribution in [1.82, 2.24) is 9.88 Å². The average Bonchev–Trinajstić information content (AvgIpc) is 2.63. The van der Waals surface area contributed by atoms with Crippen molar-refractivity contribution < 1.29 is 19.4 Å². The summed E-state index contributed by atoms with van der Waals surface area (Å²) in [5.74, 6) is -1.71. The van der Waals surface area contributed by atoms with Gasteiger partial charge in [0.25, 0.3) is 0 Å². The number of carboxylic acids is 1. The predicted molar refractivity (Wildman–Crippen MR) is 91.3 cm³/mol. The monoisotopic (exact) mass is 344 g/mol. The standard InChI is InChI=1S/C18H20N2O5/c21-15-7-8-20(14-6-2-1-5-13(14)15)10-16(22)19-17(18(23)24)12-4-3-9-25-11-12/h1-2,5-8,12,17H,3-4,9-11H2,(H,19,22)(H,23,24). The molecule has 132 valence electrons. The van der Waals surface area contributed by atoms with Crippen molar-refractivity contribution >= 4 is 22.8 Å². The summed E-state index contributed by atoms with van der Waals surface area (Å²) in [7, 11) is 0. The molecule has 0 radical (unpaired) electrons. The van der Waals surface area contributed by atoms with E-state index in [2.05, 4.69) is 5.32 Å². The lowest BCUT2D eigenvalue weighted by Crippen LogP contribution is -2.49. The molecule has 0 bridgehead atoms. The highest BCUT2D eigenvalue weighted by atomic mass is 16.5. The van der Waals surface area contributed by atoms with Gasteiger partial charge in [0.2, 0.25) is 5.91 Å². The van der Waals surface area contributed by atoms with Crippen molar-refractivity contribution in [1.29, 1.82) is 0 Å². The number of fused-ring (bicyclic) bond motifs is 1. The van der Waals surface area contributed by atoms with Crippen LogP contribution < -0.4 is 10.7 Å². The van der Waals surface area contributed by atoms with Crippen LogP contribution in [-0.4, -0.2) is 40.8 Å². The molecule has 0 spiro atoms. The van der Waals surface area contributed by atoms with Crippen LogP contribution in [0.25, 0.3) is 10.9 Å². The number of nitrogens with zero attached hydrogens (tertiary/aromatic N) is 1. The van der Waals surface area contributed by atoms with Crippen molar-refractivity contribution in [2.75, 3.05) is 13.2 Å². The molecule has 1 amide bonds. The Bertz CT molecular complexity index is 839. The van der Waals surface area contributed by atoms with Gasteiger partial charge in [-0.3, -0.25) is 9.59 Å². The number of carboxylic acid groups (broad SMARTS) is 1. The summed E-state index contributed by atoms with van der Waals surface area (Å²) in [5, 5.41) is 12.5. The molecule has 25 heavy (non-hydrogen) atoms. The average molecular weight is 344 g/mol. The first-order valence-corrected chi connectivity index (χ1v) is 8.24. The SMILES string of the molecule is O=C(Cn1ccc(=O)c2ccccc21)NC(C(=O)O)C1CCCOC1. The molecule has 0 aliphatic carbocycles. The van der Waals surface area contributed by atoms with Crippen LogP contribution in [0.3, 0.4) is 0 Å². The Morgan fingerprint density at radius 3 is 2.84 bits per heavy atom. The molecule has 2 heterocycles. The summed E-state index contributed by atoms with van der Waals surface area (Å²) in [6, 6.07) is 7.43. The van der Waals surface area contributed by atoms with Gasteiger partial charge >= 0.3 is 5.97 Å². The number of carbonyl (C=O) groups is 2. The van der Waals surface area contributed by atoms with Crippen molar-refractivity contribution in [3.05, 3.63) is 46.8 Å². The molecule has 2 atom stereocenters. The molecule has 1 fully saturated rings. The van der Waals surface area contributed by atoms with Crippen LogP contribution in [0.1, 0.15) is 12.8 Å². The molecule has 1 aliphatic heterocycles. The molecule has 1 saturated heterocycles. The molecule has 0 saturated carbocycles. The van der Waals surface area contributed by atoms with Gasteiger partial charge in [0, 0.05) is 30.2 Å². The number of amides is 1. The fourth-order valence-electron chi connectivity index (χ4n) is 3.18. The number of aliphatic carboxylic acids is 1. The van der Waals surface area contributed by atoms with E-state index in [1.165, 1.54) is 6.07 Å². The van der Waals surface area contributed by atoms with Gasteiger partial charge in [-0.15, -0.1) is 0 Å². The Morgan fingerprint density at radius 1 is 1.32 bits per heavy atom. The van der Waals surface area contributed by atoms with E-state index in [0.717, 1.165) is 6.42 Å². The second kappa shape index (κ2) is 7.48. The number of hydrogen-bond donors (Lipinski definition) is 2. The van der Waals surface area contributed by atoms with E-state index in [-0.39, 0.29) is 17.9 Å². The Labute approximate surface area is 144 Å². The van der Waals surface area contributed by atoms with Crippen LogP contribution in [0.15, 0.2) is 41.3 Å². The third kappa shape index (κ3) is 3.88. The Hall–Kier alpha value is -2.67. The molecule has 2 aromatic rings. The first-order chi connectivity index (χ1) is 12.1. The van der Waals surface area contributed by atoms with E-state index >= 15 is 0 Å². The molecule has 1 aromatic carbocycles. The van der Waals surface area contributed by atoms with Crippen LogP contribution >= 0.6 is 0 Å². The number of benzene rings is 1. The molecular formula is C18H20N2O5. The van der Waals surface area contributed by atoms with Crippen LogP contribution in [0.4, 0.5) is 0 Å². The summed E-state index contributed by atoms with van der Waals surface area (Å²) >= 11 is 0. The number of rotatable bonds is 5. The predicted octanol–water partition coefficient (Wildman–Crippen LogP) is 0.997. The van der Waals surface area contributed by atoms with E-state index in [9.17, 15) is 19.5 Å². The lowest BCUT2D eigenvalue weighted by molar-refractivity contribution is -0.145. The van der Waals surface area contributed by atoms with Crippen molar-refractivity contribution in [3.8, 4) is 0 Å². The molecule has 1 aromatic heterocycles. The van der Waals surface area contributed by atoms with E-state index < -0.39 is 17.9 Å². The third-order valence-corrected chi connectivity index (χ3v) is 4.45. The van der Waals surface area contributed by atoms with Crippen molar-refractivity contribution in [3.63, 3.8) is 0 Å². The highest BCUT2D eigenvalue weighted by molar-refractivity contribution is 5.85. The van der Waals surface area contributed by atoms with Crippen LogP contribution in [0.5, 0.6) is 0 Å². The molecular weight excluding hydrogens is 324 g/mol. The number of carbonyl (C=O) groups excluding carboxylic acids is 1. The number of hydrogen-bond acceptors (Lipinski definition) is 4. The van der Waals surface area contributed by atoms with Crippen LogP contribution in [0, 0.1) is 5.92 Å². The molecule has 7 heteroatoms. The fraction of sp³-hybridized carbons (Fsp3) is 0.389. The van der Waals surface area contributed by atoms with Gasteiger partial charge in [0.1, 0.15) is 12.6 Å². The first-order valence-electron chi connectivity index (χ1n) is 8.24. The quantitative estimate of drug-likeness (QED) is 0.843. The normalized spacial score (nSPS) is 18.6. The van der Waals surface area contributed by atoms with Gasteiger partial charge in [0.15, 0.2) is 5.43 Å². The zero-order chi connectivity index (χ0) is 17.8. The molecule has 7 nitrogen and oxygen atoms in total. The van der Waals surface area contributed by atoms with E-state index in [0.29, 0.717) is 30.5 Å². The Morgan fingerprint density at radius 2 is 2.12 bits per heavy atom. The van der Waals surface area contributed by atoms with Gasteiger partial charge < -0.3 is 19.7 Å². The van der Waals surface area contributed by atoms with Gasteiger partial charge in [-0.2, -0.15) is 0 Å². The third-order valence-electron chi connectivity index (χ3n) is 4.45. The summed E-state index contributed by atoms with van der Waals surface area (Å²) in [6.07, 6.45) is 3.04. The van der Waals surface area contributed by atoms with Crippen molar-refractivity contribution in [2.45, 2.75) is 25.4 Å². The minimum absolute atomic E-state index is 0.0574.